The van der Waals surface area contributed by atoms with Gasteiger partial charge in [-0.15, -0.1) is 0 Å². The van der Waals surface area contributed by atoms with Gasteiger partial charge in [-0.3, -0.25) is 9.69 Å². The summed E-state index contributed by atoms with van der Waals surface area (Å²) in [7, 11) is 3.54. The minimum Gasteiger partial charge on any atom is -0.494 e. The first-order valence-electron chi connectivity index (χ1n) is 16.3. The Morgan fingerprint density at radius 3 is 2.54 bits per heavy atom. The molecular weight excluding hydrogens is 630 g/mol. The van der Waals surface area contributed by atoms with Crippen LogP contribution >= 0.6 is 11.6 Å². The van der Waals surface area contributed by atoms with E-state index in [9.17, 15) is 4.79 Å². The van der Waals surface area contributed by atoms with E-state index in [0.717, 1.165) is 37.7 Å². The summed E-state index contributed by atoms with van der Waals surface area (Å²) in [5.41, 5.74) is 2.78. The molecule has 1 aliphatic heterocycles. The van der Waals surface area contributed by atoms with Crippen LogP contribution in [0.1, 0.15) is 37.9 Å². The van der Waals surface area contributed by atoms with E-state index < -0.39 is 0 Å². The summed E-state index contributed by atoms with van der Waals surface area (Å²) in [5.74, 6) is 2.35. The number of nitrogens with one attached hydrogen (secondary N) is 3. The average Bonchev–Trinajstić information content (AvgIpc) is 3.54. The molecule has 6 rings (SSSR count). The van der Waals surface area contributed by atoms with Crippen LogP contribution in [0.25, 0.3) is 0 Å². The van der Waals surface area contributed by atoms with Crippen molar-refractivity contribution in [2.24, 2.45) is 7.05 Å². The van der Waals surface area contributed by atoms with Crippen LogP contribution in [0.15, 0.2) is 67.6 Å². The highest BCUT2D eigenvalue weighted by atomic mass is 35.5. The first-order valence-corrected chi connectivity index (χ1v) is 16.7. The number of hydrogen-bond donors (Lipinski definition) is 3. The fourth-order valence-corrected chi connectivity index (χ4v) is 6.43. The summed E-state index contributed by atoms with van der Waals surface area (Å²) in [6, 6.07) is 12.0. The SMILES string of the molecule is C=CC(=O)Nc1cc(Nc2ncc(Cl)c(Nc3ccccc3OCc3nccn3C)n2)c(OC)cc1N1CCN(C2CCCCC2)CC1. The second-order valence-corrected chi connectivity index (χ2v) is 12.4. The number of amides is 1. The molecule has 1 aliphatic carbocycles. The summed E-state index contributed by atoms with van der Waals surface area (Å²) in [4.78, 5) is 30.9. The number of piperazine rings is 1. The quantitative estimate of drug-likeness (QED) is 0.144. The Balaban J connectivity index is 1.21. The fraction of sp³-hybridized carbons (Fsp3) is 0.371. The van der Waals surface area contributed by atoms with Gasteiger partial charge in [0.1, 0.15) is 29.0 Å². The van der Waals surface area contributed by atoms with Gasteiger partial charge in [0, 0.05) is 57.7 Å². The lowest BCUT2D eigenvalue weighted by atomic mass is 9.94. The van der Waals surface area contributed by atoms with Gasteiger partial charge in [-0.2, -0.15) is 4.98 Å². The molecule has 2 aliphatic rings. The lowest BCUT2D eigenvalue weighted by Crippen LogP contribution is -2.51. The normalized spacial score (nSPS) is 15.5. The smallest absolute Gasteiger partial charge is 0.247 e. The van der Waals surface area contributed by atoms with E-state index in [2.05, 4.69) is 47.3 Å². The highest BCUT2D eigenvalue weighted by Gasteiger charge is 2.27. The maximum absolute atomic E-state index is 12.5. The number of hydrogen-bond acceptors (Lipinski definition) is 10. The Morgan fingerprint density at radius 2 is 1.81 bits per heavy atom. The van der Waals surface area contributed by atoms with Gasteiger partial charge in [0.15, 0.2) is 5.82 Å². The molecular formula is C35H42ClN9O3. The van der Waals surface area contributed by atoms with E-state index in [-0.39, 0.29) is 11.9 Å². The van der Waals surface area contributed by atoms with Crippen molar-refractivity contribution in [1.82, 2.24) is 24.4 Å². The molecule has 48 heavy (non-hydrogen) atoms. The fourth-order valence-electron chi connectivity index (χ4n) is 6.29. The number of halogens is 1. The highest BCUT2D eigenvalue weighted by molar-refractivity contribution is 6.33. The molecule has 12 nitrogen and oxygen atoms in total. The molecule has 2 aromatic heterocycles. The van der Waals surface area contributed by atoms with Crippen LogP contribution in [0.3, 0.4) is 0 Å². The Morgan fingerprint density at radius 1 is 1.02 bits per heavy atom. The molecule has 2 fully saturated rings. The van der Waals surface area contributed by atoms with Crippen molar-refractivity contribution in [2.75, 3.05) is 54.1 Å². The molecule has 1 saturated heterocycles. The number of nitrogens with zero attached hydrogens (tertiary/aromatic N) is 6. The molecule has 0 atom stereocenters. The zero-order valence-corrected chi connectivity index (χ0v) is 28.2. The minimum absolute atomic E-state index is 0.279. The largest absolute Gasteiger partial charge is 0.494 e. The highest BCUT2D eigenvalue weighted by Crippen LogP contribution is 2.39. The standard InChI is InChI=1S/C35H42ClN9O3/c1-4-33(46)39-27-20-28(31(47-3)21-29(27)45-18-16-44(17-19-45)24-10-6-5-7-11-24)41-35-38-22-25(36)34(42-35)40-26-12-8-9-13-30(26)48-23-32-37-14-15-43(32)2/h4,8-9,12-15,20-22,24H,1,5-7,10-11,16-19,23H2,2-3H3,(H,39,46)(H2,38,40,41,42). The van der Waals surface area contributed by atoms with Crippen LogP contribution in [-0.4, -0.2) is 69.7 Å². The van der Waals surface area contributed by atoms with Gasteiger partial charge in [0.2, 0.25) is 11.9 Å². The van der Waals surface area contributed by atoms with Crippen molar-refractivity contribution in [1.29, 1.82) is 0 Å². The van der Waals surface area contributed by atoms with Gasteiger partial charge in [0.05, 0.1) is 36.1 Å². The number of methoxy groups -OCH3 is 1. The summed E-state index contributed by atoms with van der Waals surface area (Å²) < 4.78 is 13.8. The van der Waals surface area contributed by atoms with E-state index in [1.807, 2.05) is 54.2 Å². The lowest BCUT2D eigenvalue weighted by molar-refractivity contribution is -0.111. The Hall–Kier alpha value is -4.81. The van der Waals surface area contributed by atoms with E-state index >= 15 is 0 Å². The van der Waals surface area contributed by atoms with Gasteiger partial charge in [-0.05, 0) is 37.1 Å². The van der Waals surface area contributed by atoms with E-state index in [1.165, 1.54) is 44.4 Å². The predicted octanol–water partition coefficient (Wildman–Crippen LogP) is 6.52. The third-order valence-corrected chi connectivity index (χ3v) is 9.19. The summed E-state index contributed by atoms with van der Waals surface area (Å²) in [5, 5.41) is 9.86. The van der Waals surface area contributed by atoms with Crippen LogP contribution in [-0.2, 0) is 18.4 Å². The number of para-hydroxylation sites is 2. The molecule has 4 aromatic rings. The number of carbonyl (C=O) groups excluding carboxylic acids is 1. The maximum Gasteiger partial charge on any atom is 0.247 e. The van der Waals surface area contributed by atoms with Crippen LogP contribution in [0.5, 0.6) is 11.5 Å². The third kappa shape index (κ3) is 7.83. The van der Waals surface area contributed by atoms with Gasteiger partial charge in [-0.25, -0.2) is 9.97 Å². The van der Waals surface area contributed by atoms with Crippen LogP contribution < -0.4 is 30.3 Å². The third-order valence-electron chi connectivity index (χ3n) is 8.92. The van der Waals surface area contributed by atoms with Crippen molar-refractivity contribution in [3.05, 3.63) is 78.5 Å². The zero-order valence-electron chi connectivity index (χ0n) is 27.4. The zero-order chi connectivity index (χ0) is 33.5. The average molecular weight is 672 g/mol. The van der Waals surface area contributed by atoms with Crippen molar-refractivity contribution in [3.63, 3.8) is 0 Å². The Labute approximate surface area is 286 Å². The molecule has 3 heterocycles. The molecule has 0 bridgehead atoms. The first-order chi connectivity index (χ1) is 23.4. The minimum atomic E-state index is -0.300. The molecule has 2 aromatic carbocycles. The Bertz CT molecular complexity index is 1730. The summed E-state index contributed by atoms with van der Waals surface area (Å²) in [6.07, 6.45) is 12.9. The number of aromatic nitrogens is 4. The monoisotopic (exact) mass is 671 g/mol. The molecule has 252 valence electrons. The van der Waals surface area contributed by atoms with Crippen molar-refractivity contribution < 1.29 is 14.3 Å². The van der Waals surface area contributed by atoms with Gasteiger partial charge >= 0.3 is 0 Å². The summed E-state index contributed by atoms with van der Waals surface area (Å²) >= 11 is 6.54. The molecule has 0 unspecified atom stereocenters. The van der Waals surface area contributed by atoms with Gasteiger partial charge in [0.25, 0.3) is 0 Å². The molecule has 13 heteroatoms. The Kier molecular flexibility index (Phi) is 10.6. The number of carbonyl (C=O) groups is 1. The molecule has 3 N–H and O–H groups in total. The van der Waals surface area contributed by atoms with Gasteiger partial charge in [-0.1, -0.05) is 49.6 Å². The molecule has 0 radical (unpaired) electrons. The number of imidazole rings is 1. The van der Waals surface area contributed by atoms with E-state index in [4.69, 9.17) is 21.1 Å². The first kappa shape index (κ1) is 33.1. The molecule has 1 saturated carbocycles. The van der Waals surface area contributed by atoms with Crippen molar-refractivity contribution in [2.45, 2.75) is 44.8 Å². The van der Waals surface area contributed by atoms with Crippen LogP contribution in [0.2, 0.25) is 5.02 Å². The molecule has 0 spiro atoms. The van der Waals surface area contributed by atoms with Crippen LogP contribution in [0.4, 0.5) is 34.5 Å². The number of ether oxygens (including phenoxy) is 2. The predicted molar refractivity (Wildman–Crippen MR) is 190 cm³/mol. The van der Waals surface area contributed by atoms with E-state index in [0.29, 0.717) is 52.1 Å². The number of rotatable bonds is 12. The lowest BCUT2D eigenvalue weighted by Gasteiger charge is -2.42. The number of anilines is 6. The van der Waals surface area contributed by atoms with Crippen molar-refractivity contribution >= 4 is 52.0 Å². The van der Waals surface area contributed by atoms with E-state index in [1.54, 1.807) is 13.3 Å². The maximum atomic E-state index is 12.5. The number of benzene rings is 2. The number of aryl methyl sites for hydroxylation is 1. The second-order valence-electron chi connectivity index (χ2n) is 12.0. The second kappa shape index (κ2) is 15.4. The van der Waals surface area contributed by atoms with Crippen molar-refractivity contribution in [3.8, 4) is 11.5 Å². The van der Waals surface area contributed by atoms with Crippen LogP contribution in [0, 0.1) is 0 Å². The summed E-state index contributed by atoms with van der Waals surface area (Å²) in [6.45, 7) is 7.61. The topological polar surface area (TPSA) is 122 Å². The molecule has 1 amide bonds. The van der Waals surface area contributed by atoms with Gasteiger partial charge < -0.3 is 34.9 Å².